The smallest absolute Gasteiger partial charge is 0.254 e. The third kappa shape index (κ3) is 3.25. The summed E-state index contributed by atoms with van der Waals surface area (Å²) in [5.41, 5.74) is 2.49. The van der Waals surface area contributed by atoms with Crippen molar-refractivity contribution < 1.29 is 4.39 Å². The van der Waals surface area contributed by atoms with Crippen molar-refractivity contribution in [1.82, 2.24) is 19.9 Å². The van der Waals surface area contributed by atoms with E-state index in [1.807, 2.05) is 11.0 Å². The van der Waals surface area contributed by atoms with Crippen LogP contribution in [0, 0.1) is 5.82 Å². The van der Waals surface area contributed by atoms with Crippen LogP contribution in [0.1, 0.15) is 16.8 Å². The molecular weight excluding hydrogens is 355 g/mol. The van der Waals surface area contributed by atoms with Crippen molar-refractivity contribution in [2.45, 2.75) is 19.5 Å². The van der Waals surface area contributed by atoms with Gasteiger partial charge in [-0.3, -0.25) is 14.7 Å². The molecule has 0 aliphatic carbocycles. The molecule has 1 aromatic carbocycles. The van der Waals surface area contributed by atoms with Crippen LogP contribution in [0.15, 0.2) is 47.5 Å². The van der Waals surface area contributed by atoms with Gasteiger partial charge in [0.25, 0.3) is 5.56 Å². The number of nitrogens with zero attached hydrogens (tertiary/aromatic N) is 3. The van der Waals surface area contributed by atoms with Crippen molar-refractivity contribution in [3.63, 3.8) is 0 Å². The molecule has 0 saturated carbocycles. The van der Waals surface area contributed by atoms with Gasteiger partial charge >= 0.3 is 0 Å². The maximum Gasteiger partial charge on any atom is 0.254 e. The summed E-state index contributed by atoms with van der Waals surface area (Å²) in [4.78, 5) is 26.0. The maximum atomic E-state index is 14.1. The molecule has 5 nitrogen and oxygen atoms in total. The van der Waals surface area contributed by atoms with Crippen molar-refractivity contribution in [2.75, 3.05) is 6.54 Å². The van der Waals surface area contributed by atoms with Crippen LogP contribution in [0.5, 0.6) is 0 Å². The third-order valence-corrected chi connectivity index (χ3v) is 4.89. The Morgan fingerprint density at radius 1 is 1.27 bits per heavy atom. The van der Waals surface area contributed by atoms with Crippen LogP contribution < -0.4 is 5.56 Å². The molecule has 0 fully saturated rings. The molecule has 3 aromatic rings. The fourth-order valence-electron chi connectivity index (χ4n) is 3.18. The lowest BCUT2D eigenvalue weighted by Crippen LogP contribution is -2.35. The normalized spacial score (nSPS) is 14.2. The van der Waals surface area contributed by atoms with Crippen LogP contribution in [0.25, 0.3) is 11.4 Å². The molecule has 0 saturated heterocycles. The van der Waals surface area contributed by atoms with Crippen molar-refractivity contribution in [3.05, 3.63) is 80.7 Å². The van der Waals surface area contributed by atoms with E-state index >= 15 is 0 Å². The summed E-state index contributed by atoms with van der Waals surface area (Å²) >= 11 is 6.14. The molecule has 0 amide bonds. The minimum Gasteiger partial charge on any atom is -0.306 e. The number of hydrogen-bond acceptors (Lipinski definition) is 4. The van der Waals surface area contributed by atoms with E-state index in [2.05, 4.69) is 15.0 Å². The number of fused-ring (bicyclic) bond motifs is 1. The van der Waals surface area contributed by atoms with Gasteiger partial charge in [0.2, 0.25) is 0 Å². The van der Waals surface area contributed by atoms with E-state index in [-0.39, 0.29) is 11.4 Å². The van der Waals surface area contributed by atoms with Crippen molar-refractivity contribution in [3.8, 4) is 11.4 Å². The molecule has 0 atom stereocenters. The van der Waals surface area contributed by atoms with Gasteiger partial charge in [0, 0.05) is 53.7 Å². The summed E-state index contributed by atoms with van der Waals surface area (Å²) in [6, 6.07) is 8.32. The van der Waals surface area contributed by atoms with Gasteiger partial charge in [-0.25, -0.2) is 9.37 Å². The fraction of sp³-hybridized carbons (Fsp3) is 0.211. The zero-order valence-electron chi connectivity index (χ0n) is 13.9. The molecule has 0 bridgehead atoms. The van der Waals surface area contributed by atoms with E-state index in [9.17, 15) is 9.18 Å². The quantitative estimate of drug-likeness (QED) is 0.769. The average molecular weight is 371 g/mol. The van der Waals surface area contributed by atoms with Crippen molar-refractivity contribution in [1.29, 1.82) is 0 Å². The number of benzene rings is 1. The second kappa shape index (κ2) is 6.97. The van der Waals surface area contributed by atoms with Gasteiger partial charge in [-0.15, -0.1) is 0 Å². The number of halogens is 2. The number of aromatic nitrogens is 3. The summed E-state index contributed by atoms with van der Waals surface area (Å²) in [5, 5.41) is 0.408. The molecule has 132 valence electrons. The van der Waals surface area contributed by atoms with E-state index in [1.165, 1.54) is 6.07 Å². The molecule has 7 heteroatoms. The van der Waals surface area contributed by atoms with Gasteiger partial charge in [0.15, 0.2) is 0 Å². The standard InChI is InChI=1S/C19H16ClFN4O/c20-15-4-1-5-16(21)14(15)10-25-8-6-13-17(11-25)23-18(24-19(13)26)12-3-2-7-22-9-12/h1-5,7,9H,6,8,10-11H2,(H,23,24,26). The summed E-state index contributed by atoms with van der Waals surface area (Å²) < 4.78 is 14.1. The van der Waals surface area contributed by atoms with Gasteiger partial charge in [0.1, 0.15) is 11.6 Å². The SMILES string of the molecule is O=c1[nH]c(-c2cccnc2)nc2c1CCN(Cc1c(F)cccc1Cl)C2. The Bertz CT molecular complexity index is 986. The van der Waals surface area contributed by atoms with E-state index < -0.39 is 0 Å². The molecular formula is C19H16ClFN4O. The summed E-state index contributed by atoms with van der Waals surface area (Å²) in [5.74, 6) is 0.172. The lowest BCUT2D eigenvalue weighted by Gasteiger charge is -2.28. The summed E-state index contributed by atoms with van der Waals surface area (Å²) in [6.07, 6.45) is 3.89. The van der Waals surface area contributed by atoms with E-state index in [1.54, 1.807) is 30.6 Å². The predicted molar refractivity (Wildman–Crippen MR) is 97.3 cm³/mol. The van der Waals surface area contributed by atoms with Crippen LogP contribution in [0.3, 0.4) is 0 Å². The van der Waals surface area contributed by atoms with Gasteiger partial charge in [-0.2, -0.15) is 0 Å². The first kappa shape index (κ1) is 16.9. The maximum absolute atomic E-state index is 14.1. The van der Waals surface area contributed by atoms with E-state index in [0.717, 1.165) is 5.56 Å². The van der Waals surface area contributed by atoms with Crippen LogP contribution >= 0.6 is 11.6 Å². The number of nitrogens with one attached hydrogen (secondary N) is 1. The number of rotatable bonds is 3. The lowest BCUT2D eigenvalue weighted by atomic mass is 10.0. The summed E-state index contributed by atoms with van der Waals surface area (Å²) in [7, 11) is 0. The van der Waals surface area contributed by atoms with Crippen LogP contribution in [0.4, 0.5) is 4.39 Å². The molecule has 0 spiro atoms. The van der Waals surface area contributed by atoms with E-state index in [0.29, 0.717) is 53.7 Å². The summed E-state index contributed by atoms with van der Waals surface area (Å²) in [6.45, 7) is 1.49. The molecule has 1 aliphatic rings. The lowest BCUT2D eigenvalue weighted by molar-refractivity contribution is 0.237. The fourth-order valence-corrected chi connectivity index (χ4v) is 3.40. The molecule has 26 heavy (non-hydrogen) atoms. The second-order valence-electron chi connectivity index (χ2n) is 6.24. The average Bonchev–Trinajstić information content (AvgIpc) is 2.65. The molecule has 1 N–H and O–H groups in total. The van der Waals surface area contributed by atoms with Gasteiger partial charge < -0.3 is 4.98 Å². The zero-order valence-corrected chi connectivity index (χ0v) is 14.6. The number of pyridine rings is 1. The van der Waals surface area contributed by atoms with Crippen LogP contribution in [-0.2, 0) is 19.5 Å². The molecule has 3 heterocycles. The minimum atomic E-state index is -0.321. The third-order valence-electron chi connectivity index (χ3n) is 4.53. The van der Waals surface area contributed by atoms with Crippen molar-refractivity contribution in [2.24, 2.45) is 0 Å². The molecule has 4 rings (SSSR count). The monoisotopic (exact) mass is 370 g/mol. The highest BCUT2D eigenvalue weighted by molar-refractivity contribution is 6.31. The number of aromatic amines is 1. The van der Waals surface area contributed by atoms with E-state index in [4.69, 9.17) is 11.6 Å². The molecule has 0 unspecified atom stereocenters. The van der Waals surface area contributed by atoms with Crippen LogP contribution in [0.2, 0.25) is 5.02 Å². The molecule has 1 aliphatic heterocycles. The Kier molecular flexibility index (Phi) is 4.53. The van der Waals surface area contributed by atoms with Gasteiger partial charge in [-0.05, 0) is 30.7 Å². The second-order valence-corrected chi connectivity index (χ2v) is 6.65. The molecule has 0 radical (unpaired) electrons. The highest BCUT2D eigenvalue weighted by Gasteiger charge is 2.23. The van der Waals surface area contributed by atoms with Crippen molar-refractivity contribution >= 4 is 11.6 Å². The minimum absolute atomic E-state index is 0.127. The zero-order chi connectivity index (χ0) is 18.1. The number of hydrogen-bond donors (Lipinski definition) is 1. The number of H-pyrrole nitrogens is 1. The first-order valence-electron chi connectivity index (χ1n) is 8.29. The predicted octanol–water partition coefficient (Wildman–Crippen LogP) is 3.18. The Balaban J connectivity index is 1.64. The Morgan fingerprint density at radius 2 is 2.15 bits per heavy atom. The highest BCUT2D eigenvalue weighted by atomic mass is 35.5. The van der Waals surface area contributed by atoms with Gasteiger partial charge in [-0.1, -0.05) is 17.7 Å². The largest absolute Gasteiger partial charge is 0.306 e. The topological polar surface area (TPSA) is 61.9 Å². The van der Waals surface area contributed by atoms with Crippen LogP contribution in [-0.4, -0.2) is 26.4 Å². The first-order valence-corrected chi connectivity index (χ1v) is 8.67. The van der Waals surface area contributed by atoms with Gasteiger partial charge in [0.05, 0.1) is 5.69 Å². The highest BCUT2D eigenvalue weighted by Crippen LogP contribution is 2.24. The Hall–Kier alpha value is -2.57. The Morgan fingerprint density at radius 3 is 2.92 bits per heavy atom. The first-order chi connectivity index (χ1) is 12.6. The molecule has 2 aromatic heterocycles. The Labute approximate surface area is 154 Å².